The molecule has 1 aromatic carbocycles. The molecule has 0 aliphatic carbocycles. The molecule has 31 heavy (non-hydrogen) atoms. The maximum absolute atomic E-state index is 13.3. The van der Waals surface area contributed by atoms with E-state index in [-0.39, 0.29) is 12.2 Å². The molecule has 0 aliphatic heterocycles. The van der Waals surface area contributed by atoms with Gasteiger partial charge in [-0.15, -0.1) is 0 Å². The third-order valence-electron chi connectivity index (χ3n) is 4.95. The summed E-state index contributed by atoms with van der Waals surface area (Å²) in [7, 11) is 0. The van der Waals surface area contributed by atoms with Crippen molar-refractivity contribution < 1.29 is 18.0 Å². The molecule has 6 nitrogen and oxygen atoms in total. The van der Waals surface area contributed by atoms with Crippen molar-refractivity contribution in [1.29, 1.82) is 5.26 Å². The minimum Gasteiger partial charge on any atom is -0.383 e. The number of hydrogen-bond acceptors (Lipinski definition) is 5. The first-order valence-electron chi connectivity index (χ1n) is 9.53. The summed E-state index contributed by atoms with van der Waals surface area (Å²) >= 11 is 0. The molecule has 9 heteroatoms. The summed E-state index contributed by atoms with van der Waals surface area (Å²) in [5.74, 6) is -0.0245. The average molecular weight is 427 g/mol. The van der Waals surface area contributed by atoms with Crippen molar-refractivity contribution in [3.63, 3.8) is 0 Å². The molecule has 160 valence electrons. The number of aryl methyl sites for hydroxylation is 1. The fourth-order valence-electron chi connectivity index (χ4n) is 3.16. The number of halogens is 3. The number of anilines is 1. The number of pyridine rings is 2. The maximum atomic E-state index is 13.3. The highest BCUT2D eigenvalue weighted by atomic mass is 19.4. The van der Waals surface area contributed by atoms with E-state index in [0.29, 0.717) is 23.3 Å². The Balaban J connectivity index is 1.95. The van der Waals surface area contributed by atoms with Crippen LogP contribution >= 0.6 is 0 Å². The lowest BCUT2D eigenvalue weighted by molar-refractivity contribution is -0.137. The molecule has 0 radical (unpaired) electrons. The van der Waals surface area contributed by atoms with Crippen LogP contribution in [0.15, 0.2) is 42.6 Å². The topological polar surface area (TPSA) is 95.9 Å². The lowest BCUT2D eigenvalue weighted by Crippen LogP contribution is -2.39. The molecule has 2 N–H and O–H groups in total. The van der Waals surface area contributed by atoms with Crippen LogP contribution in [-0.2, 0) is 12.7 Å². The Labute approximate surface area is 177 Å². The zero-order valence-corrected chi connectivity index (χ0v) is 16.9. The number of hydrogen-bond donors (Lipinski definition) is 1. The van der Waals surface area contributed by atoms with Gasteiger partial charge in [-0.2, -0.15) is 18.4 Å². The first-order chi connectivity index (χ1) is 14.6. The van der Waals surface area contributed by atoms with Crippen LogP contribution in [0.3, 0.4) is 0 Å². The van der Waals surface area contributed by atoms with E-state index in [9.17, 15) is 23.2 Å². The number of nitrogens with two attached hydrogens (primary N) is 1. The minimum absolute atomic E-state index is 0.0971. The van der Waals surface area contributed by atoms with Gasteiger partial charge in [0.05, 0.1) is 29.4 Å². The summed E-state index contributed by atoms with van der Waals surface area (Å²) in [6.07, 6.45) is -3.42. The molecule has 0 fully saturated rings. The molecule has 0 saturated carbocycles. The van der Waals surface area contributed by atoms with Crippen LogP contribution in [0.4, 0.5) is 19.0 Å². The largest absolute Gasteiger partial charge is 0.417 e. The summed E-state index contributed by atoms with van der Waals surface area (Å²) in [5, 5.41) is 10.2. The van der Waals surface area contributed by atoms with Crippen molar-refractivity contribution in [3.8, 4) is 6.07 Å². The quantitative estimate of drug-likeness (QED) is 0.648. The minimum atomic E-state index is -4.50. The van der Waals surface area contributed by atoms with Crippen molar-refractivity contribution in [1.82, 2.24) is 14.9 Å². The van der Waals surface area contributed by atoms with Crippen molar-refractivity contribution >= 4 is 22.6 Å². The number of rotatable bonds is 5. The highest BCUT2D eigenvalue weighted by Crippen LogP contribution is 2.28. The van der Waals surface area contributed by atoms with Crippen LogP contribution < -0.4 is 5.73 Å². The van der Waals surface area contributed by atoms with E-state index in [4.69, 9.17) is 5.73 Å². The van der Waals surface area contributed by atoms with Gasteiger partial charge in [-0.1, -0.05) is 6.92 Å². The molecule has 0 saturated heterocycles. The van der Waals surface area contributed by atoms with E-state index in [1.54, 1.807) is 25.1 Å². The number of amides is 1. The van der Waals surface area contributed by atoms with Crippen molar-refractivity contribution in [2.45, 2.75) is 39.0 Å². The van der Waals surface area contributed by atoms with Gasteiger partial charge in [0.1, 0.15) is 11.9 Å². The van der Waals surface area contributed by atoms with Crippen LogP contribution in [0, 0.1) is 18.3 Å². The second-order valence-electron chi connectivity index (χ2n) is 7.12. The molecule has 2 aromatic heterocycles. The lowest BCUT2D eigenvalue weighted by Gasteiger charge is -2.26. The Morgan fingerprint density at radius 3 is 2.58 bits per heavy atom. The van der Waals surface area contributed by atoms with Gasteiger partial charge in [-0.3, -0.25) is 9.78 Å². The van der Waals surface area contributed by atoms with Gasteiger partial charge in [0.15, 0.2) is 0 Å². The van der Waals surface area contributed by atoms with E-state index >= 15 is 0 Å². The second-order valence-corrected chi connectivity index (χ2v) is 7.12. The van der Waals surface area contributed by atoms with Crippen LogP contribution in [0.1, 0.15) is 40.5 Å². The normalized spacial score (nSPS) is 12.4. The summed E-state index contributed by atoms with van der Waals surface area (Å²) in [6.45, 7) is 3.46. The Hall–Kier alpha value is -3.67. The smallest absolute Gasteiger partial charge is 0.383 e. The number of fused-ring (bicyclic) bond motifs is 1. The van der Waals surface area contributed by atoms with Gasteiger partial charge >= 0.3 is 6.18 Å². The Kier molecular flexibility index (Phi) is 6.11. The highest BCUT2D eigenvalue weighted by molar-refractivity contribution is 5.98. The number of aromatic nitrogens is 2. The van der Waals surface area contributed by atoms with Gasteiger partial charge in [-0.05, 0) is 55.3 Å². The van der Waals surface area contributed by atoms with Gasteiger partial charge in [0.2, 0.25) is 0 Å². The predicted molar refractivity (Wildman–Crippen MR) is 110 cm³/mol. The van der Waals surface area contributed by atoms with Crippen LogP contribution in [0.5, 0.6) is 0 Å². The average Bonchev–Trinajstić information content (AvgIpc) is 2.73. The number of alkyl halides is 3. The number of carbonyl (C=O) groups excluding carboxylic acids is 1. The Morgan fingerprint density at radius 2 is 2.00 bits per heavy atom. The van der Waals surface area contributed by atoms with E-state index in [0.717, 1.165) is 23.2 Å². The number of carbonyl (C=O) groups is 1. The molecule has 3 aromatic rings. The van der Waals surface area contributed by atoms with Gasteiger partial charge in [-0.25, -0.2) is 4.98 Å². The van der Waals surface area contributed by atoms with Crippen molar-refractivity contribution in [2.24, 2.45) is 0 Å². The van der Waals surface area contributed by atoms with E-state index in [2.05, 4.69) is 16.0 Å². The first kappa shape index (κ1) is 22.0. The molecular formula is C22H20F3N5O. The van der Waals surface area contributed by atoms with E-state index in [1.807, 2.05) is 13.0 Å². The number of nitrogen functional groups attached to an aromatic ring is 1. The lowest BCUT2D eigenvalue weighted by atomic mass is 10.1. The molecule has 0 bridgehead atoms. The predicted octanol–water partition coefficient (Wildman–Crippen LogP) is 4.48. The molecule has 3 rings (SSSR count). The molecule has 2 heterocycles. The highest BCUT2D eigenvalue weighted by Gasteiger charge is 2.31. The van der Waals surface area contributed by atoms with E-state index < -0.39 is 23.7 Å². The maximum Gasteiger partial charge on any atom is 0.417 e. The van der Waals surface area contributed by atoms with Gasteiger partial charge in [0.25, 0.3) is 5.91 Å². The standard InChI is InChI=1S/C22H20F3N5O/c1-3-18(10-26)30(12-17-6-5-16(11-28-17)22(23,24)25)21(31)14-4-7-19-15(9-14)8-13(2)20(27)29-19/h4-9,11,18H,3,12H2,1-2H3,(H2,27,29). The number of nitrogens with zero attached hydrogens (tertiary/aromatic N) is 4. The van der Waals surface area contributed by atoms with Crippen LogP contribution in [-0.4, -0.2) is 26.8 Å². The summed E-state index contributed by atoms with van der Waals surface area (Å²) in [6, 6.07) is 10.2. The van der Waals surface area contributed by atoms with Gasteiger partial charge in [0, 0.05) is 17.1 Å². The number of nitriles is 1. The summed E-state index contributed by atoms with van der Waals surface area (Å²) in [5.41, 5.74) is 6.94. The fraction of sp³-hybridized carbons (Fsp3) is 0.273. The van der Waals surface area contributed by atoms with E-state index in [1.165, 1.54) is 11.0 Å². The first-order valence-corrected chi connectivity index (χ1v) is 9.53. The SMILES string of the molecule is CCC(C#N)N(Cc1ccc(C(F)(F)F)cn1)C(=O)c1ccc2nc(N)c(C)cc2c1. The molecule has 1 atom stereocenters. The molecule has 0 aliphatic rings. The molecular weight excluding hydrogens is 407 g/mol. The Morgan fingerprint density at radius 1 is 1.26 bits per heavy atom. The zero-order chi connectivity index (χ0) is 22.8. The van der Waals surface area contributed by atoms with Crippen molar-refractivity contribution in [3.05, 3.63) is 65.0 Å². The van der Waals surface area contributed by atoms with Crippen LogP contribution in [0.25, 0.3) is 10.9 Å². The third-order valence-corrected chi connectivity index (χ3v) is 4.95. The fourth-order valence-corrected chi connectivity index (χ4v) is 3.16. The molecule has 1 amide bonds. The van der Waals surface area contributed by atoms with Crippen molar-refractivity contribution in [2.75, 3.05) is 5.73 Å². The monoisotopic (exact) mass is 427 g/mol. The third kappa shape index (κ3) is 4.74. The summed E-state index contributed by atoms with van der Waals surface area (Å²) < 4.78 is 38.4. The second kappa shape index (κ2) is 8.60. The zero-order valence-electron chi connectivity index (χ0n) is 16.9. The molecule has 0 spiro atoms. The number of benzene rings is 1. The summed E-state index contributed by atoms with van der Waals surface area (Å²) in [4.78, 5) is 22.7. The Bertz CT molecular complexity index is 1150. The van der Waals surface area contributed by atoms with Crippen LogP contribution in [0.2, 0.25) is 0 Å². The molecule has 1 unspecified atom stereocenters. The van der Waals surface area contributed by atoms with Gasteiger partial charge < -0.3 is 10.6 Å².